The van der Waals surface area contributed by atoms with Crippen LogP contribution in [0.15, 0.2) is 12.4 Å². The molecule has 0 aromatic carbocycles. The van der Waals surface area contributed by atoms with Gasteiger partial charge in [-0.15, -0.1) is 0 Å². The molecule has 1 aliphatic rings. The topological polar surface area (TPSA) is 87.4 Å². The Morgan fingerprint density at radius 1 is 1.29 bits per heavy atom. The van der Waals surface area contributed by atoms with Crippen LogP contribution in [0.1, 0.15) is 0 Å². The van der Waals surface area contributed by atoms with Crippen LogP contribution in [0.3, 0.4) is 0 Å². The Kier molecular flexibility index (Phi) is 3.45. The van der Waals surface area contributed by atoms with Crippen molar-refractivity contribution in [2.45, 2.75) is 0 Å². The van der Waals surface area contributed by atoms with Crippen LogP contribution in [0.4, 0.5) is 11.6 Å². The minimum atomic E-state index is -0.514. The van der Waals surface area contributed by atoms with Gasteiger partial charge < -0.3 is 4.90 Å². The van der Waals surface area contributed by atoms with Crippen molar-refractivity contribution in [3.63, 3.8) is 0 Å². The van der Waals surface area contributed by atoms with E-state index in [1.54, 1.807) is 0 Å². The SMILES string of the molecule is CN1CCN(Nc2ncc([N+](=O)[O-])cn2)CC1. The fourth-order valence-electron chi connectivity index (χ4n) is 1.53. The van der Waals surface area contributed by atoms with E-state index in [2.05, 4.69) is 27.3 Å². The minimum absolute atomic E-state index is 0.103. The molecule has 0 unspecified atom stereocenters. The molecule has 92 valence electrons. The Bertz CT molecular complexity index is 387. The quantitative estimate of drug-likeness (QED) is 0.584. The van der Waals surface area contributed by atoms with Crippen molar-refractivity contribution in [2.24, 2.45) is 0 Å². The van der Waals surface area contributed by atoms with Crippen LogP contribution >= 0.6 is 0 Å². The molecule has 8 heteroatoms. The minimum Gasteiger partial charge on any atom is -0.304 e. The fraction of sp³-hybridized carbons (Fsp3) is 0.556. The molecule has 2 rings (SSSR count). The Morgan fingerprint density at radius 3 is 2.41 bits per heavy atom. The maximum absolute atomic E-state index is 10.4. The van der Waals surface area contributed by atoms with Gasteiger partial charge in [0, 0.05) is 26.2 Å². The standard InChI is InChI=1S/C9H14N6O2/c1-13-2-4-14(5-3-13)12-9-10-6-8(7-11-9)15(16)17/h6-7H,2-5H2,1H3,(H,10,11,12). The molecule has 1 fully saturated rings. The largest absolute Gasteiger partial charge is 0.305 e. The summed E-state index contributed by atoms with van der Waals surface area (Å²) in [5.74, 6) is 0.389. The van der Waals surface area contributed by atoms with Gasteiger partial charge in [0.15, 0.2) is 0 Å². The molecule has 1 saturated heterocycles. The molecule has 0 aliphatic carbocycles. The van der Waals surface area contributed by atoms with Crippen LogP contribution in [0.5, 0.6) is 0 Å². The second-order valence-electron chi connectivity index (χ2n) is 3.92. The lowest BCUT2D eigenvalue weighted by atomic mass is 10.4. The number of nitro groups is 1. The molecule has 17 heavy (non-hydrogen) atoms. The van der Waals surface area contributed by atoms with E-state index in [1.165, 1.54) is 12.4 Å². The van der Waals surface area contributed by atoms with Crippen LogP contribution in [0.2, 0.25) is 0 Å². The van der Waals surface area contributed by atoms with Crippen LogP contribution in [-0.4, -0.2) is 58.0 Å². The Hall–Kier alpha value is -1.80. The second kappa shape index (κ2) is 5.02. The summed E-state index contributed by atoms with van der Waals surface area (Å²) in [5.41, 5.74) is 2.93. The van der Waals surface area contributed by atoms with Gasteiger partial charge >= 0.3 is 5.69 Å². The molecule has 1 N–H and O–H groups in total. The summed E-state index contributed by atoms with van der Waals surface area (Å²) in [6.45, 7) is 3.69. The maximum Gasteiger partial charge on any atom is 0.305 e. The van der Waals surface area contributed by atoms with E-state index >= 15 is 0 Å². The van der Waals surface area contributed by atoms with Crippen molar-refractivity contribution in [1.29, 1.82) is 0 Å². The lowest BCUT2D eigenvalue weighted by molar-refractivity contribution is -0.385. The number of nitrogens with one attached hydrogen (secondary N) is 1. The number of rotatable bonds is 3. The van der Waals surface area contributed by atoms with Gasteiger partial charge in [0.2, 0.25) is 5.95 Å². The zero-order valence-corrected chi connectivity index (χ0v) is 9.54. The number of hydrazine groups is 1. The number of anilines is 1. The summed E-state index contributed by atoms with van der Waals surface area (Å²) in [4.78, 5) is 19.9. The summed E-state index contributed by atoms with van der Waals surface area (Å²) < 4.78 is 0. The van der Waals surface area contributed by atoms with Crippen LogP contribution in [0.25, 0.3) is 0 Å². The molecule has 2 heterocycles. The van der Waals surface area contributed by atoms with Gasteiger partial charge in [-0.2, -0.15) is 0 Å². The second-order valence-corrected chi connectivity index (χ2v) is 3.92. The zero-order valence-electron chi connectivity index (χ0n) is 9.54. The first-order valence-electron chi connectivity index (χ1n) is 5.32. The number of aromatic nitrogens is 2. The van der Waals surface area contributed by atoms with Crippen LogP contribution < -0.4 is 5.43 Å². The molecule has 8 nitrogen and oxygen atoms in total. The third-order valence-corrected chi connectivity index (χ3v) is 2.61. The van der Waals surface area contributed by atoms with E-state index in [9.17, 15) is 10.1 Å². The van der Waals surface area contributed by atoms with Gasteiger partial charge in [0.05, 0.1) is 4.92 Å². The van der Waals surface area contributed by atoms with Gasteiger partial charge in [-0.3, -0.25) is 15.5 Å². The lowest BCUT2D eigenvalue weighted by Gasteiger charge is -2.32. The lowest BCUT2D eigenvalue weighted by Crippen LogP contribution is -2.47. The monoisotopic (exact) mass is 238 g/mol. The third-order valence-electron chi connectivity index (χ3n) is 2.61. The van der Waals surface area contributed by atoms with Gasteiger partial charge in [0.1, 0.15) is 12.4 Å². The summed E-state index contributed by atoms with van der Waals surface area (Å²) >= 11 is 0. The van der Waals surface area contributed by atoms with Crippen LogP contribution in [-0.2, 0) is 0 Å². The number of nitrogens with zero attached hydrogens (tertiary/aromatic N) is 5. The van der Waals surface area contributed by atoms with E-state index in [0.717, 1.165) is 26.2 Å². The first-order chi connectivity index (χ1) is 8.15. The Balaban J connectivity index is 1.92. The van der Waals surface area contributed by atoms with E-state index in [1.807, 2.05) is 5.01 Å². The highest BCUT2D eigenvalue weighted by Crippen LogP contribution is 2.09. The van der Waals surface area contributed by atoms with Gasteiger partial charge in [-0.25, -0.2) is 15.0 Å². The molecule has 0 radical (unpaired) electrons. The Labute approximate surface area is 98.4 Å². The average Bonchev–Trinajstić information content (AvgIpc) is 2.33. The molecule has 1 aromatic rings. The van der Waals surface area contributed by atoms with E-state index in [-0.39, 0.29) is 5.69 Å². The average molecular weight is 238 g/mol. The predicted molar refractivity (Wildman–Crippen MR) is 61.4 cm³/mol. The molecule has 0 bridgehead atoms. The summed E-state index contributed by atoms with van der Waals surface area (Å²) in [7, 11) is 2.07. The van der Waals surface area contributed by atoms with Crippen molar-refractivity contribution in [1.82, 2.24) is 19.9 Å². The molecule has 1 aromatic heterocycles. The number of hydrogen-bond acceptors (Lipinski definition) is 7. The smallest absolute Gasteiger partial charge is 0.304 e. The van der Waals surface area contributed by atoms with Gasteiger partial charge in [0.25, 0.3) is 0 Å². The summed E-state index contributed by atoms with van der Waals surface area (Å²) in [5, 5.41) is 12.4. The highest BCUT2D eigenvalue weighted by molar-refractivity contribution is 5.29. The first kappa shape index (κ1) is 11.7. The van der Waals surface area contributed by atoms with Crippen LogP contribution in [0, 0.1) is 10.1 Å². The predicted octanol–water partition coefficient (Wildman–Crippen LogP) is -0.0409. The molecular weight excluding hydrogens is 224 g/mol. The molecular formula is C9H14N6O2. The highest BCUT2D eigenvalue weighted by Gasteiger charge is 2.14. The van der Waals surface area contributed by atoms with Gasteiger partial charge in [-0.1, -0.05) is 0 Å². The summed E-state index contributed by atoms with van der Waals surface area (Å²) in [6.07, 6.45) is 2.40. The molecule has 0 spiro atoms. The fourth-order valence-corrected chi connectivity index (χ4v) is 1.53. The zero-order chi connectivity index (χ0) is 12.3. The van der Waals surface area contributed by atoms with Crippen molar-refractivity contribution < 1.29 is 4.92 Å². The Morgan fingerprint density at radius 2 is 1.88 bits per heavy atom. The first-order valence-corrected chi connectivity index (χ1v) is 5.32. The van der Waals surface area contributed by atoms with E-state index < -0.39 is 4.92 Å². The van der Waals surface area contributed by atoms with E-state index in [4.69, 9.17) is 0 Å². The van der Waals surface area contributed by atoms with Crippen molar-refractivity contribution in [3.8, 4) is 0 Å². The molecule has 0 amide bonds. The van der Waals surface area contributed by atoms with Crippen molar-refractivity contribution >= 4 is 11.6 Å². The number of piperazine rings is 1. The molecule has 0 atom stereocenters. The highest BCUT2D eigenvalue weighted by atomic mass is 16.6. The van der Waals surface area contributed by atoms with Crippen molar-refractivity contribution in [2.75, 3.05) is 38.7 Å². The molecule has 1 aliphatic heterocycles. The molecule has 0 saturated carbocycles. The van der Waals surface area contributed by atoms with Gasteiger partial charge in [-0.05, 0) is 7.05 Å². The maximum atomic E-state index is 10.4. The summed E-state index contributed by atoms with van der Waals surface area (Å²) in [6, 6.07) is 0. The van der Waals surface area contributed by atoms with E-state index in [0.29, 0.717) is 5.95 Å². The number of hydrogen-bond donors (Lipinski definition) is 1. The third kappa shape index (κ3) is 3.08. The normalized spacial score (nSPS) is 17.9. The van der Waals surface area contributed by atoms with Crippen molar-refractivity contribution in [3.05, 3.63) is 22.5 Å². The number of likely N-dealkylation sites (N-methyl/N-ethyl adjacent to an activating group) is 1.